The molecule has 2 heterocycles. The Bertz CT molecular complexity index is 1100. The van der Waals surface area contributed by atoms with Crippen LogP contribution >= 0.6 is 11.3 Å². The van der Waals surface area contributed by atoms with E-state index >= 15 is 0 Å². The zero-order chi connectivity index (χ0) is 17.1. The van der Waals surface area contributed by atoms with Gasteiger partial charge in [0.05, 0.1) is 11.3 Å². The molecule has 25 heavy (non-hydrogen) atoms. The van der Waals surface area contributed by atoms with Crippen molar-refractivity contribution in [2.45, 2.75) is 0 Å². The van der Waals surface area contributed by atoms with Crippen LogP contribution in [0.1, 0.15) is 10.6 Å². The van der Waals surface area contributed by atoms with Gasteiger partial charge in [-0.15, -0.1) is 11.3 Å². The van der Waals surface area contributed by atoms with Crippen LogP contribution in [0.5, 0.6) is 0 Å². The minimum atomic E-state index is 0.546. The highest BCUT2D eigenvalue weighted by atomic mass is 32.1. The molecule has 0 unspecified atom stereocenters. The van der Waals surface area contributed by atoms with Crippen molar-refractivity contribution >= 4 is 33.8 Å². The molecule has 0 spiro atoms. The van der Waals surface area contributed by atoms with Crippen LogP contribution in [0.15, 0.2) is 72.4 Å². The van der Waals surface area contributed by atoms with Crippen LogP contribution in [-0.4, -0.2) is 9.97 Å². The van der Waals surface area contributed by atoms with Gasteiger partial charge in [0.1, 0.15) is 11.1 Å². The fourth-order valence-electron chi connectivity index (χ4n) is 2.74. The van der Waals surface area contributed by atoms with Crippen LogP contribution in [-0.2, 0) is 0 Å². The fraction of sp³-hybridized carbons (Fsp3) is 0. The van der Waals surface area contributed by atoms with Crippen molar-refractivity contribution in [2.75, 3.05) is 0 Å². The van der Waals surface area contributed by atoms with Crippen LogP contribution in [0.25, 0.3) is 33.7 Å². The summed E-state index contributed by atoms with van der Waals surface area (Å²) in [5.74, 6) is 0. The molecule has 0 atom stereocenters. The molecular formula is C21H13N3S. The maximum Gasteiger partial charge on any atom is 0.134 e. The van der Waals surface area contributed by atoms with Crippen molar-refractivity contribution < 1.29 is 0 Å². The molecule has 4 rings (SSSR count). The van der Waals surface area contributed by atoms with E-state index in [0.717, 1.165) is 22.2 Å². The predicted molar refractivity (Wildman–Crippen MR) is 103 cm³/mol. The van der Waals surface area contributed by atoms with Gasteiger partial charge in [-0.1, -0.05) is 48.5 Å². The molecule has 2 aromatic carbocycles. The highest BCUT2D eigenvalue weighted by molar-refractivity contribution is 7.11. The first kappa shape index (κ1) is 15.3. The van der Waals surface area contributed by atoms with Crippen LogP contribution in [0.4, 0.5) is 0 Å². The summed E-state index contributed by atoms with van der Waals surface area (Å²) in [4.78, 5) is 8.79. The maximum atomic E-state index is 9.52. The van der Waals surface area contributed by atoms with Crippen LogP contribution in [0.3, 0.4) is 0 Å². The zero-order valence-corrected chi connectivity index (χ0v) is 14.1. The van der Waals surface area contributed by atoms with Crippen LogP contribution in [0, 0.1) is 11.3 Å². The Balaban J connectivity index is 1.77. The van der Waals surface area contributed by atoms with Gasteiger partial charge in [0, 0.05) is 23.3 Å². The molecule has 4 heteroatoms. The van der Waals surface area contributed by atoms with Gasteiger partial charge in [-0.25, -0.2) is 4.98 Å². The Hall–Kier alpha value is -3.29. The number of hydrogen-bond acceptors (Lipinski definition) is 4. The lowest BCUT2D eigenvalue weighted by Gasteiger charge is -2.03. The highest BCUT2D eigenvalue weighted by Crippen LogP contribution is 2.31. The van der Waals surface area contributed by atoms with E-state index in [1.54, 1.807) is 12.4 Å². The van der Waals surface area contributed by atoms with Gasteiger partial charge in [-0.2, -0.15) is 5.26 Å². The number of nitrogens with zero attached hydrogens (tertiary/aromatic N) is 3. The Morgan fingerprint density at radius 3 is 2.76 bits per heavy atom. The third-order valence-corrected chi connectivity index (χ3v) is 4.79. The molecule has 0 saturated heterocycles. The zero-order valence-electron chi connectivity index (χ0n) is 13.3. The second-order valence-corrected chi connectivity index (χ2v) is 6.38. The smallest absolute Gasteiger partial charge is 0.134 e. The molecule has 0 amide bonds. The third-order valence-electron chi connectivity index (χ3n) is 3.92. The Morgan fingerprint density at radius 2 is 1.92 bits per heavy atom. The quantitative estimate of drug-likeness (QED) is 0.468. The van der Waals surface area contributed by atoms with E-state index < -0.39 is 0 Å². The lowest BCUT2D eigenvalue weighted by Crippen LogP contribution is -1.84. The Morgan fingerprint density at radius 1 is 1.04 bits per heavy atom. The largest absolute Gasteiger partial charge is 0.264 e. The second-order valence-electron chi connectivity index (χ2n) is 5.52. The number of nitriles is 1. The maximum absolute atomic E-state index is 9.52. The Kier molecular flexibility index (Phi) is 4.07. The normalized spacial score (nSPS) is 11.4. The number of thiazole rings is 1. The van der Waals surface area contributed by atoms with Crippen molar-refractivity contribution in [2.24, 2.45) is 0 Å². The average molecular weight is 339 g/mol. The minimum absolute atomic E-state index is 0.546. The van der Waals surface area contributed by atoms with Gasteiger partial charge in [0.15, 0.2) is 0 Å². The Labute approximate surface area is 149 Å². The van der Waals surface area contributed by atoms with E-state index in [1.165, 1.54) is 16.7 Å². The molecule has 3 nitrogen and oxygen atoms in total. The SMILES string of the molecule is N#C/C(=C/c1cccnc1)c1nc(-c2cccc3ccccc23)cs1. The number of rotatable bonds is 3. The molecule has 0 bridgehead atoms. The lowest BCUT2D eigenvalue weighted by atomic mass is 10.0. The summed E-state index contributed by atoms with van der Waals surface area (Å²) in [6.07, 6.45) is 5.26. The monoisotopic (exact) mass is 339 g/mol. The third kappa shape index (κ3) is 3.06. The standard InChI is InChI=1S/C21H13N3S/c22-12-17(11-15-5-4-10-23-13-15)21-24-20(14-25-21)19-9-3-7-16-6-1-2-8-18(16)19/h1-11,13-14H/b17-11-. The van der Waals surface area contributed by atoms with E-state index in [9.17, 15) is 5.26 Å². The van der Waals surface area contributed by atoms with Gasteiger partial charge in [0.2, 0.25) is 0 Å². The van der Waals surface area contributed by atoms with E-state index in [1.807, 2.05) is 41.8 Å². The first-order chi connectivity index (χ1) is 12.3. The minimum Gasteiger partial charge on any atom is -0.264 e. The molecule has 0 aliphatic carbocycles. The number of allylic oxidation sites excluding steroid dienone is 1. The number of aromatic nitrogens is 2. The molecule has 0 N–H and O–H groups in total. The summed E-state index contributed by atoms with van der Waals surface area (Å²) in [7, 11) is 0. The summed E-state index contributed by atoms with van der Waals surface area (Å²) in [6, 6.07) is 20.5. The molecular weight excluding hydrogens is 326 g/mol. The number of hydrogen-bond donors (Lipinski definition) is 0. The van der Waals surface area contributed by atoms with Crippen LogP contribution < -0.4 is 0 Å². The summed E-state index contributed by atoms with van der Waals surface area (Å²) in [6.45, 7) is 0. The van der Waals surface area contributed by atoms with E-state index in [4.69, 9.17) is 4.98 Å². The van der Waals surface area contributed by atoms with Gasteiger partial charge in [-0.3, -0.25) is 4.98 Å². The van der Waals surface area contributed by atoms with Gasteiger partial charge in [-0.05, 0) is 28.5 Å². The van der Waals surface area contributed by atoms with Gasteiger partial charge in [0.25, 0.3) is 0 Å². The first-order valence-electron chi connectivity index (χ1n) is 7.81. The molecule has 118 valence electrons. The van der Waals surface area contributed by atoms with E-state index in [-0.39, 0.29) is 0 Å². The van der Waals surface area contributed by atoms with E-state index in [2.05, 4.69) is 35.3 Å². The average Bonchev–Trinajstić information content (AvgIpc) is 3.16. The van der Waals surface area contributed by atoms with Crippen molar-refractivity contribution in [3.63, 3.8) is 0 Å². The molecule has 0 aliphatic rings. The number of fused-ring (bicyclic) bond motifs is 1. The number of benzene rings is 2. The van der Waals surface area contributed by atoms with Gasteiger partial charge >= 0.3 is 0 Å². The summed E-state index contributed by atoms with van der Waals surface area (Å²) in [5.41, 5.74) is 3.41. The van der Waals surface area contributed by atoms with Crippen molar-refractivity contribution in [3.05, 3.63) is 82.9 Å². The summed E-state index contributed by atoms with van der Waals surface area (Å²) in [5, 5.41) is 14.6. The first-order valence-corrected chi connectivity index (χ1v) is 8.69. The fourth-order valence-corrected chi connectivity index (χ4v) is 3.53. The topological polar surface area (TPSA) is 49.6 Å². The van der Waals surface area contributed by atoms with Crippen molar-refractivity contribution in [1.82, 2.24) is 9.97 Å². The molecule has 4 aromatic rings. The van der Waals surface area contributed by atoms with Gasteiger partial charge < -0.3 is 0 Å². The summed E-state index contributed by atoms with van der Waals surface area (Å²) < 4.78 is 0. The predicted octanol–water partition coefficient (Wildman–Crippen LogP) is 5.42. The van der Waals surface area contributed by atoms with Crippen LogP contribution in [0.2, 0.25) is 0 Å². The summed E-state index contributed by atoms with van der Waals surface area (Å²) >= 11 is 1.48. The lowest BCUT2D eigenvalue weighted by molar-refractivity contribution is 1.32. The molecule has 2 aromatic heterocycles. The van der Waals surface area contributed by atoms with E-state index in [0.29, 0.717) is 10.6 Å². The molecule has 0 aliphatic heterocycles. The number of pyridine rings is 1. The highest BCUT2D eigenvalue weighted by Gasteiger charge is 2.11. The molecule has 0 saturated carbocycles. The second kappa shape index (κ2) is 6.68. The van der Waals surface area contributed by atoms with Crippen molar-refractivity contribution in [3.8, 4) is 17.3 Å². The van der Waals surface area contributed by atoms with Crippen molar-refractivity contribution in [1.29, 1.82) is 5.26 Å². The molecule has 0 fully saturated rings. The molecule has 0 radical (unpaired) electrons.